The number of H-pyrrole nitrogens is 1. The highest BCUT2D eigenvalue weighted by Crippen LogP contribution is 2.20. The molecule has 19 heavy (non-hydrogen) atoms. The topological polar surface area (TPSA) is 81.0 Å². The summed E-state index contributed by atoms with van der Waals surface area (Å²) < 4.78 is 4.69. The SMILES string of the molecule is COC(=O)c1ccc2[nH]c(C(N)CC(C)C)nc2c1. The maximum atomic E-state index is 11.5. The van der Waals surface area contributed by atoms with E-state index in [0.717, 1.165) is 23.3 Å². The Hall–Kier alpha value is -1.88. The number of carbonyl (C=O) groups is 1. The molecule has 1 atom stereocenters. The number of hydrogen-bond donors (Lipinski definition) is 2. The maximum absolute atomic E-state index is 11.5. The van der Waals surface area contributed by atoms with E-state index in [9.17, 15) is 4.79 Å². The number of aromatic amines is 1. The molecule has 0 bridgehead atoms. The molecule has 5 heteroatoms. The van der Waals surface area contributed by atoms with E-state index in [1.165, 1.54) is 7.11 Å². The van der Waals surface area contributed by atoms with Gasteiger partial charge in [-0.25, -0.2) is 9.78 Å². The van der Waals surface area contributed by atoms with Crippen LogP contribution in [0.2, 0.25) is 0 Å². The molecule has 102 valence electrons. The van der Waals surface area contributed by atoms with Crippen LogP contribution in [0.5, 0.6) is 0 Å². The van der Waals surface area contributed by atoms with Crippen molar-refractivity contribution in [2.24, 2.45) is 11.7 Å². The molecule has 0 radical (unpaired) electrons. The van der Waals surface area contributed by atoms with Crippen molar-refractivity contribution in [3.8, 4) is 0 Å². The lowest BCUT2D eigenvalue weighted by Crippen LogP contribution is -2.14. The number of esters is 1. The maximum Gasteiger partial charge on any atom is 0.337 e. The smallest absolute Gasteiger partial charge is 0.337 e. The molecular weight excluding hydrogens is 242 g/mol. The van der Waals surface area contributed by atoms with Crippen LogP contribution in [0, 0.1) is 5.92 Å². The van der Waals surface area contributed by atoms with E-state index in [2.05, 4.69) is 23.8 Å². The molecule has 0 aliphatic heterocycles. The normalized spacial score (nSPS) is 12.9. The van der Waals surface area contributed by atoms with Crippen LogP contribution in [0.25, 0.3) is 11.0 Å². The van der Waals surface area contributed by atoms with E-state index in [1.807, 2.05) is 6.07 Å². The van der Waals surface area contributed by atoms with Gasteiger partial charge in [-0.3, -0.25) is 0 Å². The molecule has 1 aromatic heterocycles. The number of methoxy groups -OCH3 is 1. The number of hydrogen-bond acceptors (Lipinski definition) is 4. The number of fused-ring (bicyclic) bond motifs is 1. The zero-order valence-electron chi connectivity index (χ0n) is 11.4. The molecule has 0 fully saturated rings. The summed E-state index contributed by atoms with van der Waals surface area (Å²) >= 11 is 0. The Morgan fingerprint density at radius 2 is 2.21 bits per heavy atom. The summed E-state index contributed by atoms with van der Waals surface area (Å²) in [5, 5.41) is 0. The van der Waals surface area contributed by atoms with E-state index < -0.39 is 0 Å². The van der Waals surface area contributed by atoms with Gasteiger partial charge in [0.05, 0.1) is 29.7 Å². The monoisotopic (exact) mass is 261 g/mol. The molecule has 1 aromatic carbocycles. The lowest BCUT2D eigenvalue weighted by molar-refractivity contribution is 0.0601. The van der Waals surface area contributed by atoms with Crippen molar-refractivity contribution in [3.05, 3.63) is 29.6 Å². The molecule has 0 amide bonds. The van der Waals surface area contributed by atoms with E-state index in [4.69, 9.17) is 10.5 Å². The number of carbonyl (C=O) groups excluding carboxylic acids is 1. The van der Waals surface area contributed by atoms with E-state index in [-0.39, 0.29) is 12.0 Å². The fourth-order valence-corrected chi connectivity index (χ4v) is 2.07. The molecule has 1 heterocycles. The first-order valence-electron chi connectivity index (χ1n) is 6.34. The zero-order chi connectivity index (χ0) is 14.0. The molecule has 0 aliphatic rings. The van der Waals surface area contributed by atoms with Crippen molar-refractivity contribution >= 4 is 17.0 Å². The largest absolute Gasteiger partial charge is 0.465 e. The molecule has 1 unspecified atom stereocenters. The lowest BCUT2D eigenvalue weighted by atomic mass is 10.0. The van der Waals surface area contributed by atoms with Gasteiger partial charge in [0.1, 0.15) is 5.82 Å². The van der Waals surface area contributed by atoms with Crippen LogP contribution in [0.4, 0.5) is 0 Å². The second-order valence-corrected chi connectivity index (χ2v) is 5.08. The Bertz CT molecular complexity index is 589. The number of nitrogens with zero attached hydrogens (tertiary/aromatic N) is 1. The van der Waals surface area contributed by atoms with Crippen LogP contribution in [0.15, 0.2) is 18.2 Å². The third-order valence-electron chi connectivity index (χ3n) is 3.00. The summed E-state index contributed by atoms with van der Waals surface area (Å²) in [4.78, 5) is 19.1. The highest BCUT2D eigenvalue weighted by Gasteiger charge is 2.14. The van der Waals surface area contributed by atoms with Gasteiger partial charge in [-0.05, 0) is 30.5 Å². The van der Waals surface area contributed by atoms with Crippen molar-refractivity contribution in [3.63, 3.8) is 0 Å². The van der Waals surface area contributed by atoms with Crippen LogP contribution in [0.1, 0.15) is 42.5 Å². The van der Waals surface area contributed by atoms with Gasteiger partial charge in [-0.15, -0.1) is 0 Å². The quantitative estimate of drug-likeness (QED) is 0.828. The predicted molar refractivity (Wildman–Crippen MR) is 73.8 cm³/mol. The lowest BCUT2D eigenvalue weighted by Gasteiger charge is -2.10. The average Bonchev–Trinajstić information content (AvgIpc) is 2.79. The summed E-state index contributed by atoms with van der Waals surface area (Å²) in [7, 11) is 1.36. The van der Waals surface area contributed by atoms with Crippen LogP contribution < -0.4 is 5.73 Å². The van der Waals surface area contributed by atoms with Gasteiger partial charge in [0.25, 0.3) is 0 Å². The fourth-order valence-electron chi connectivity index (χ4n) is 2.07. The van der Waals surface area contributed by atoms with Gasteiger partial charge in [-0.2, -0.15) is 0 Å². The summed E-state index contributed by atoms with van der Waals surface area (Å²) in [5.41, 5.74) is 8.20. The summed E-state index contributed by atoms with van der Waals surface area (Å²) in [5.74, 6) is 0.900. The van der Waals surface area contributed by atoms with Crippen molar-refractivity contribution in [2.45, 2.75) is 26.3 Å². The van der Waals surface area contributed by atoms with Gasteiger partial charge < -0.3 is 15.5 Å². The summed E-state index contributed by atoms with van der Waals surface area (Å²) in [6.45, 7) is 4.25. The van der Waals surface area contributed by atoms with E-state index >= 15 is 0 Å². The molecule has 0 saturated carbocycles. The van der Waals surface area contributed by atoms with Crippen molar-refractivity contribution < 1.29 is 9.53 Å². The number of nitrogens with one attached hydrogen (secondary N) is 1. The number of benzene rings is 1. The van der Waals surface area contributed by atoms with Crippen LogP contribution in [0.3, 0.4) is 0 Å². The molecule has 0 spiro atoms. The number of ether oxygens (including phenoxy) is 1. The Morgan fingerprint density at radius 1 is 1.47 bits per heavy atom. The number of rotatable bonds is 4. The molecule has 2 rings (SSSR count). The predicted octanol–water partition coefficient (Wildman–Crippen LogP) is 2.40. The van der Waals surface area contributed by atoms with Crippen LogP contribution >= 0.6 is 0 Å². The van der Waals surface area contributed by atoms with Crippen molar-refractivity contribution in [1.82, 2.24) is 9.97 Å². The molecule has 0 saturated heterocycles. The summed E-state index contributed by atoms with van der Waals surface area (Å²) in [6, 6.07) is 5.13. The number of nitrogens with two attached hydrogens (primary N) is 1. The first kappa shape index (κ1) is 13.5. The number of imidazole rings is 1. The second kappa shape index (κ2) is 5.40. The minimum atomic E-state index is -0.363. The molecular formula is C14H19N3O2. The average molecular weight is 261 g/mol. The van der Waals surface area contributed by atoms with Crippen LogP contribution in [-0.4, -0.2) is 23.0 Å². The summed E-state index contributed by atoms with van der Waals surface area (Å²) in [6.07, 6.45) is 0.865. The first-order valence-corrected chi connectivity index (χ1v) is 6.34. The standard InChI is InChI=1S/C14H19N3O2/c1-8(2)6-10(15)13-16-11-5-4-9(14(18)19-3)7-12(11)17-13/h4-5,7-8,10H,6,15H2,1-3H3,(H,16,17). The van der Waals surface area contributed by atoms with Crippen molar-refractivity contribution in [1.29, 1.82) is 0 Å². The van der Waals surface area contributed by atoms with Crippen molar-refractivity contribution in [2.75, 3.05) is 7.11 Å². The van der Waals surface area contributed by atoms with Gasteiger partial charge in [-0.1, -0.05) is 13.8 Å². The minimum Gasteiger partial charge on any atom is -0.465 e. The Kier molecular flexibility index (Phi) is 3.85. The highest BCUT2D eigenvalue weighted by molar-refractivity contribution is 5.93. The van der Waals surface area contributed by atoms with E-state index in [0.29, 0.717) is 11.5 Å². The third-order valence-corrected chi connectivity index (χ3v) is 3.00. The van der Waals surface area contributed by atoms with Gasteiger partial charge in [0.15, 0.2) is 0 Å². The minimum absolute atomic E-state index is 0.117. The Balaban J connectivity index is 2.32. The van der Waals surface area contributed by atoms with E-state index in [1.54, 1.807) is 12.1 Å². The second-order valence-electron chi connectivity index (χ2n) is 5.08. The van der Waals surface area contributed by atoms with Gasteiger partial charge in [0, 0.05) is 0 Å². The molecule has 0 aliphatic carbocycles. The molecule has 3 N–H and O–H groups in total. The molecule has 5 nitrogen and oxygen atoms in total. The highest BCUT2D eigenvalue weighted by atomic mass is 16.5. The number of aromatic nitrogens is 2. The fraction of sp³-hybridized carbons (Fsp3) is 0.429. The zero-order valence-corrected chi connectivity index (χ0v) is 11.4. The third kappa shape index (κ3) is 2.93. The molecule has 2 aromatic rings. The van der Waals surface area contributed by atoms with Gasteiger partial charge in [0.2, 0.25) is 0 Å². The first-order chi connectivity index (χ1) is 9.01. The Labute approximate surface area is 112 Å². The van der Waals surface area contributed by atoms with Gasteiger partial charge >= 0.3 is 5.97 Å². The van der Waals surface area contributed by atoms with Crippen LogP contribution in [-0.2, 0) is 4.74 Å². The Morgan fingerprint density at radius 3 is 2.84 bits per heavy atom.